The van der Waals surface area contributed by atoms with Gasteiger partial charge in [-0.05, 0) is 48.7 Å². The summed E-state index contributed by atoms with van der Waals surface area (Å²) < 4.78 is 0. The summed E-state index contributed by atoms with van der Waals surface area (Å²) in [6, 6.07) is 14.9. The Hall–Kier alpha value is -1.51. The van der Waals surface area contributed by atoms with Crippen molar-refractivity contribution >= 4 is 17.3 Å². The molecule has 0 aromatic heterocycles. The first-order chi connectivity index (χ1) is 10.6. The molecule has 0 amide bonds. The fourth-order valence-corrected chi connectivity index (χ4v) is 3.18. The fraction of sp³-hybridized carbons (Fsp3) is 0.368. The van der Waals surface area contributed by atoms with Crippen LogP contribution >= 0.6 is 11.6 Å². The zero-order valence-electron chi connectivity index (χ0n) is 13.3. The molecule has 1 heterocycles. The Balaban J connectivity index is 1.60. The third-order valence-corrected chi connectivity index (χ3v) is 4.65. The maximum Gasteiger partial charge on any atom is 0.0406 e. The second-order valence-electron chi connectivity index (χ2n) is 6.18. The van der Waals surface area contributed by atoms with Crippen molar-refractivity contribution in [3.05, 3.63) is 64.2 Å². The number of hydrogen-bond acceptors (Lipinski definition) is 2. The van der Waals surface area contributed by atoms with Gasteiger partial charge in [0, 0.05) is 43.4 Å². The molecule has 0 saturated carbocycles. The maximum atomic E-state index is 5.95. The summed E-state index contributed by atoms with van der Waals surface area (Å²) in [6.45, 7) is 9.79. The highest BCUT2D eigenvalue weighted by molar-refractivity contribution is 6.30. The highest BCUT2D eigenvalue weighted by atomic mass is 35.5. The van der Waals surface area contributed by atoms with Crippen molar-refractivity contribution in [1.29, 1.82) is 0 Å². The SMILES string of the molecule is Cc1ccc(C)c(N2CCN(Cc3ccc(Cl)cc3)CC2)c1. The lowest BCUT2D eigenvalue weighted by Crippen LogP contribution is -2.46. The Morgan fingerprint density at radius 3 is 2.27 bits per heavy atom. The number of halogens is 1. The standard InChI is InChI=1S/C19H23ClN2/c1-15-3-4-16(2)19(13-15)22-11-9-21(10-12-22)14-17-5-7-18(20)8-6-17/h3-8,13H,9-12,14H2,1-2H3. The van der Waals surface area contributed by atoms with Crippen LogP contribution in [0.1, 0.15) is 16.7 Å². The Morgan fingerprint density at radius 2 is 1.59 bits per heavy atom. The molecule has 0 bridgehead atoms. The number of anilines is 1. The average Bonchev–Trinajstić information content (AvgIpc) is 2.53. The first-order valence-corrected chi connectivity index (χ1v) is 8.28. The number of benzene rings is 2. The van der Waals surface area contributed by atoms with Gasteiger partial charge in [0.1, 0.15) is 0 Å². The van der Waals surface area contributed by atoms with E-state index >= 15 is 0 Å². The molecule has 1 fully saturated rings. The van der Waals surface area contributed by atoms with Crippen LogP contribution in [-0.4, -0.2) is 31.1 Å². The van der Waals surface area contributed by atoms with E-state index in [0.29, 0.717) is 0 Å². The van der Waals surface area contributed by atoms with Gasteiger partial charge < -0.3 is 4.90 Å². The molecule has 0 spiro atoms. The normalized spacial score (nSPS) is 16.0. The molecule has 22 heavy (non-hydrogen) atoms. The Morgan fingerprint density at radius 1 is 0.909 bits per heavy atom. The van der Waals surface area contributed by atoms with E-state index in [1.165, 1.54) is 22.4 Å². The highest BCUT2D eigenvalue weighted by Crippen LogP contribution is 2.23. The number of aryl methyl sites for hydroxylation is 2. The lowest BCUT2D eigenvalue weighted by molar-refractivity contribution is 0.250. The molecule has 2 aromatic rings. The van der Waals surface area contributed by atoms with E-state index in [1.54, 1.807) is 0 Å². The van der Waals surface area contributed by atoms with Crippen LogP contribution in [0.15, 0.2) is 42.5 Å². The van der Waals surface area contributed by atoms with E-state index in [4.69, 9.17) is 11.6 Å². The van der Waals surface area contributed by atoms with Crippen LogP contribution < -0.4 is 4.90 Å². The summed E-state index contributed by atoms with van der Waals surface area (Å²) in [6.07, 6.45) is 0. The lowest BCUT2D eigenvalue weighted by Gasteiger charge is -2.37. The topological polar surface area (TPSA) is 6.48 Å². The van der Waals surface area contributed by atoms with Gasteiger partial charge in [-0.2, -0.15) is 0 Å². The van der Waals surface area contributed by atoms with Crippen LogP contribution in [0.4, 0.5) is 5.69 Å². The van der Waals surface area contributed by atoms with Crippen molar-refractivity contribution in [2.75, 3.05) is 31.1 Å². The van der Waals surface area contributed by atoms with Gasteiger partial charge in [0.25, 0.3) is 0 Å². The van der Waals surface area contributed by atoms with Gasteiger partial charge in [0.2, 0.25) is 0 Å². The fourth-order valence-electron chi connectivity index (χ4n) is 3.06. The van der Waals surface area contributed by atoms with Crippen LogP contribution in [0, 0.1) is 13.8 Å². The summed E-state index contributed by atoms with van der Waals surface area (Å²) in [5.74, 6) is 0. The number of hydrogen-bond donors (Lipinski definition) is 0. The summed E-state index contributed by atoms with van der Waals surface area (Å²) >= 11 is 5.95. The van der Waals surface area contributed by atoms with Gasteiger partial charge in [-0.25, -0.2) is 0 Å². The first kappa shape index (κ1) is 15.4. The van der Waals surface area contributed by atoms with Gasteiger partial charge in [0.05, 0.1) is 0 Å². The maximum absolute atomic E-state index is 5.95. The molecule has 0 radical (unpaired) electrons. The second-order valence-corrected chi connectivity index (χ2v) is 6.62. The van der Waals surface area contributed by atoms with E-state index < -0.39 is 0 Å². The van der Waals surface area contributed by atoms with Crippen LogP contribution in [0.3, 0.4) is 0 Å². The second kappa shape index (κ2) is 6.72. The van der Waals surface area contributed by atoms with Gasteiger partial charge in [-0.1, -0.05) is 35.9 Å². The minimum atomic E-state index is 0.809. The van der Waals surface area contributed by atoms with Crippen LogP contribution in [0.25, 0.3) is 0 Å². The van der Waals surface area contributed by atoms with Gasteiger partial charge in [-0.3, -0.25) is 4.90 Å². The molecule has 1 aliphatic heterocycles. The molecule has 0 atom stereocenters. The minimum absolute atomic E-state index is 0.809. The summed E-state index contributed by atoms with van der Waals surface area (Å²) in [5, 5.41) is 0.809. The molecule has 2 nitrogen and oxygen atoms in total. The smallest absolute Gasteiger partial charge is 0.0406 e. The van der Waals surface area contributed by atoms with Crippen molar-refractivity contribution in [2.45, 2.75) is 20.4 Å². The molecule has 3 heteroatoms. The minimum Gasteiger partial charge on any atom is -0.369 e. The molecule has 116 valence electrons. The van der Waals surface area contributed by atoms with Crippen molar-refractivity contribution < 1.29 is 0 Å². The van der Waals surface area contributed by atoms with Crippen molar-refractivity contribution in [3.8, 4) is 0 Å². The average molecular weight is 315 g/mol. The highest BCUT2D eigenvalue weighted by Gasteiger charge is 2.18. The summed E-state index contributed by atoms with van der Waals surface area (Å²) in [4.78, 5) is 5.03. The molecule has 1 saturated heterocycles. The Bertz CT molecular complexity index is 628. The largest absolute Gasteiger partial charge is 0.369 e. The molecule has 2 aromatic carbocycles. The van der Waals surface area contributed by atoms with Crippen LogP contribution in [0.2, 0.25) is 5.02 Å². The number of rotatable bonds is 3. The lowest BCUT2D eigenvalue weighted by atomic mass is 10.1. The van der Waals surface area contributed by atoms with E-state index in [9.17, 15) is 0 Å². The number of piperazine rings is 1. The monoisotopic (exact) mass is 314 g/mol. The van der Waals surface area contributed by atoms with Gasteiger partial charge in [-0.15, -0.1) is 0 Å². The van der Waals surface area contributed by atoms with Crippen molar-refractivity contribution in [3.63, 3.8) is 0 Å². The molecule has 1 aliphatic rings. The third-order valence-electron chi connectivity index (χ3n) is 4.40. The van der Waals surface area contributed by atoms with Crippen molar-refractivity contribution in [2.24, 2.45) is 0 Å². The van der Waals surface area contributed by atoms with E-state index in [0.717, 1.165) is 37.7 Å². The van der Waals surface area contributed by atoms with E-state index in [2.05, 4.69) is 54.0 Å². The van der Waals surface area contributed by atoms with E-state index in [1.807, 2.05) is 12.1 Å². The zero-order chi connectivity index (χ0) is 15.5. The summed E-state index contributed by atoms with van der Waals surface area (Å²) in [5.41, 5.74) is 5.44. The molecule has 0 unspecified atom stereocenters. The molecule has 0 N–H and O–H groups in total. The molecular formula is C19H23ClN2. The first-order valence-electron chi connectivity index (χ1n) is 7.91. The summed E-state index contributed by atoms with van der Waals surface area (Å²) in [7, 11) is 0. The quantitative estimate of drug-likeness (QED) is 0.834. The van der Waals surface area contributed by atoms with Gasteiger partial charge >= 0.3 is 0 Å². The Labute approximate surface area is 138 Å². The molecule has 3 rings (SSSR count). The van der Waals surface area contributed by atoms with E-state index in [-0.39, 0.29) is 0 Å². The molecule has 0 aliphatic carbocycles. The van der Waals surface area contributed by atoms with Crippen molar-refractivity contribution in [1.82, 2.24) is 4.90 Å². The predicted molar refractivity (Wildman–Crippen MR) is 94.9 cm³/mol. The van der Waals surface area contributed by atoms with Crippen LogP contribution in [-0.2, 0) is 6.54 Å². The number of nitrogens with zero attached hydrogens (tertiary/aromatic N) is 2. The van der Waals surface area contributed by atoms with Gasteiger partial charge in [0.15, 0.2) is 0 Å². The zero-order valence-corrected chi connectivity index (χ0v) is 14.1. The van der Waals surface area contributed by atoms with Crippen LogP contribution in [0.5, 0.6) is 0 Å². The third kappa shape index (κ3) is 3.63. The Kier molecular flexibility index (Phi) is 4.70. The predicted octanol–water partition coefficient (Wildman–Crippen LogP) is 4.28. The molecular weight excluding hydrogens is 292 g/mol.